The molecular formula is C8H12N2OS2. The van der Waals surface area contributed by atoms with Crippen LogP contribution >= 0.6 is 11.3 Å². The molecule has 1 atom stereocenters. The third-order valence-electron chi connectivity index (χ3n) is 1.23. The molecule has 0 saturated heterocycles. The van der Waals surface area contributed by atoms with Crippen molar-refractivity contribution in [3.8, 4) is 0 Å². The number of rotatable bonds is 2. The number of nitrogens with zero attached hydrogens (tertiary/aromatic N) is 2. The van der Waals surface area contributed by atoms with Gasteiger partial charge in [0.2, 0.25) is 0 Å². The second-order valence-corrected chi connectivity index (χ2v) is 6.33. The maximum Gasteiger partial charge on any atom is 0.144 e. The monoisotopic (exact) mass is 216 g/mol. The highest BCUT2D eigenvalue weighted by Gasteiger charge is 2.18. The fraction of sp³-hybridized carbons (Fsp3) is 0.500. The van der Waals surface area contributed by atoms with Gasteiger partial charge in [0.05, 0.1) is 11.0 Å². The van der Waals surface area contributed by atoms with Crippen molar-refractivity contribution >= 4 is 28.5 Å². The van der Waals surface area contributed by atoms with E-state index in [4.69, 9.17) is 0 Å². The molecule has 0 bridgehead atoms. The van der Waals surface area contributed by atoms with Gasteiger partial charge in [-0.2, -0.15) is 4.40 Å². The lowest BCUT2D eigenvalue weighted by Crippen LogP contribution is -2.19. The van der Waals surface area contributed by atoms with Gasteiger partial charge in [0.1, 0.15) is 16.0 Å². The van der Waals surface area contributed by atoms with Crippen molar-refractivity contribution in [1.82, 2.24) is 4.98 Å². The standard InChI is InChI=1S/C8H12N2OS2/c1-8(2,3)13(11)10-6-7-9-4-5-12-7/h4-6H,1-3H3/b10-6-/t13-/m1/s1. The van der Waals surface area contributed by atoms with Gasteiger partial charge in [-0.3, -0.25) is 0 Å². The molecule has 72 valence electrons. The minimum Gasteiger partial charge on any atom is -0.244 e. The number of aromatic nitrogens is 1. The third-order valence-corrected chi connectivity index (χ3v) is 3.29. The minimum absolute atomic E-state index is 0.298. The number of thiazole rings is 1. The predicted octanol–water partition coefficient (Wildman–Crippen LogP) is 2.02. The average molecular weight is 216 g/mol. The van der Waals surface area contributed by atoms with Crippen molar-refractivity contribution in [1.29, 1.82) is 0 Å². The molecule has 0 fully saturated rings. The summed E-state index contributed by atoms with van der Waals surface area (Å²) in [7, 11) is -1.19. The molecule has 0 amide bonds. The number of hydrogen-bond donors (Lipinski definition) is 0. The zero-order chi connectivity index (χ0) is 9.90. The quantitative estimate of drug-likeness (QED) is 0.710. The maximum absolute atomic E-state index is 11.4. The Bertz CT molecular complexity index is 311. The molecule has 0 unspecified atom stereocenters. The molecule has 0 aliphatic heterocycles. The molecule has 0 saturated carbocycles. The van der Waals surface area contributed by atoms with Gasteiger partial charge < -0.3 is 0 Å². The van der Waals surface area contributed by atoms with Crippen LogP contribution in [0.1, 0.15) is 25.8 Å². The van der Waals surface area contributed by atoms with Crippen LogP contribution in [0.2, 0.25) is 0 Å². The summed E-state index contributed by atoms with van der Waals surface area (Å²) in [6, 6.07) is 0. The predicted molar refractivity (Wildman–Crippen MR) is 57.6 cm³/mol. The Labute approximate surface area is 84.5 Å². The van der Waals surface area contributed by atoms with Gasteiger partial charge in [0.25, 0.3) is 0 Å². The normalized spacial score (nSPS) is 15.0. The first-order valence-corrected chi connectivity index (χ1v) is 5.84. The van der Waals surface area contributed by atoms with Gasteiger partial charge in [-0.25, -0.2) is 9.19 Å². The smallest absolute Gasteiger partial charge is 0.144 e. The lowest BCUT2D eigenvalue weighted by atomic mass is 10.3. The van der Waals surface area contributed by atoms with Crippen LogP contribution in [0.15, 0.2) is 16.0 Å². The molecule has 0 N–H and O–H groups in total. The van der Waals surface area contributed by atoms with Crippen LogP contribution in [0.25, 0.3) is 0 Å². The van der Waals surface area contributed by atoms with Crippen LogP contribution < -0.4 is 0 Å². The molecule has 3 nitrogen and oxygen atoms in total. The molecule has 0 aliphatic carbocycles. The molecule has 0 aliphatic rings. The first-order valence-electron chi connectivity index (χ1n) is 3.86. The first kappa shape index (κ1) is 10.5. The van der Waals surface area contributed by atoms with Crippen LogP contribution in [0.5, 0.6) is 0 Å². The lowest BCUT2D eigenvalue weighted by Gasteiger charge is -2.12. The average Bonchev–Trinajstić information content (AvgIpc) is 2.50. The van der Waals surface area contributed by atoms with E-state index < -0.39 is 11.0 Å². The summed E-state index contributed by atoms with van der Waals surface area (Å²) in [5.74, 6) is 0. The van der Waals surface area contributed by atoms with Crippen LogP contribution in [-0.4, -0.2) is 20.2 Å². The van der Waals surface area contributed by atoms with Crippen molar-refractivity contribution in [3.63, 3.8) is 0 Å². The van der Waals surface area contributed by atoms with Crippen LogP contribution in [-0.2, 0) is 11.0 Å². The number of hydrogen-bond acceptors (Lipinski definition) is 3. The lowest BCUT2D eigenvalue weighted by molar-refractivity contribution is 0.651. The molecule has 0 spiro atoms. The first-order chi connectivity index (χ1) is 6.00. The van der Waals surface area contributed by atoms with E-state index in [2.05, 4.69) is 9.38 Å². The fourth-order valence-corrected chi connectivity index (χ4v) is 1.62. The molecule has 1 aromatic heterocycles. The topological polar surface area (TPSA) is 42.3 Å². The maximum atomic E-state index is 11.4. The van der Waals surface area contributed by atoms with Gasteiger partial charge in [0, 0.05) is 11.6 Å². The molecule has 0 radical (unpaired) electrons. The van der Waals surface area contributed by atoms with E-state index in [1.54, 1.807) is 12.4 Å². The molecular weight excluding hydrogens is 204 g/mol. The highest BCUT2D eigenvalue weighted by atomic mass is 32.2. The molecule has 1 heterocycles. The summed E-state index contributed by atoms with van der Waals surface area (Å²) in [5, 5.41) is 2.65. The zero-order valence-corrected chi connectivity index (χ0v) is 9.48. The molecule has 1 rings (SSSR count). The van der Waals surface area contributed by atoms with E-state index in [0.29, 0.717) is 0 Å². The van der Waals surface area contributed by atoms with Crippen LogP contribution in [0, 0.1) is 0 Å². The molecule has 5 heteroatoms. The van der Waals surface area contributed by atoms with E-state index in [-0.39, 0.29) is 4.75 Å². The van der Waals surface area contributed by atoms with Crippen molar-refractivity contribution in [2.24, 2.45) is 4.40 Å². The van der Waals surface area contributed by atoms with Gasteiger partial charge in [-0.05, 0) is 20.8 Å². The van der Waals surface area contributed by atoms with Gasteiger partial charge in [0.15, 0.2) is 0 Å². The second kappa shape index (κ2) is 4.11. The SMILES string of the molecule is CC(C)(C)[S@@](=O)/N=C\c1nccs1. The molecule has 0 aromatic carbocycles. The summed E-state index contributed by atoms with van der Waals surface area (Å²) in [6.45, 7) is 5.67. The van der Waals surface area contributed by atoms with Crippen molar-refractivity contribution in [3.05, 3.63) is 16.6 Å². The zero-order valence-electron chi connectivity index (χ0n) is 7.85. The fourth-order valence-electron chi connectivity index (χ4n) is 0.549. The van der Waals surface area contributed by atoms with Crippen molar-refractivity contribution in [2.75, 3.05) is 0 Å². The Morgan fingerprint density at radius 1 is 1.62 bits per heavy atom. The van der Waals surface area contributed by atoms with Crippen molar-refractivity contribution < 1.29 is 4.21 Å². The van der Waals surface area contributed by atoms with Crippen LogP contribution in [0.4, 0.5) is 0 Å². The van der Waals surface area contributed by atoms with E-state index >= 15 is 0 Å². The van der Waals surface area contributed by atoms with Crippen molar-refractivity contribution in [2.45, 2.75) is 25.5 Å². The Balaban J connectivity index is 2.65. The summed E-state index contributed by atoms with van der Waals surface area (Å²) in [6.07, 6.45) is 3.26. The highest BCUT2D eigenvalue weighted by molar-refractivity contribution is 7.85. The second-order valence-electron chi connectivity index (χ2n) is 3.47. The van der Waals surface area contributed by atoms with E-state index in [1.165, 1.54) is 11.3 Å². The van der Waals surface area contributed by atoms with Crippen LogP contribution in [0.3, 0.4) is 0 Å². The van der Waals surface area contributed by atoms with Gasteiger partial charge in [-0.15, -0.1) is 11.3 Å². The van der Waals surface area contributed by atoms with Gasteiger partial charge >= 0.3 is 0 Å². The summed E-state index contributed by atoms with van der Waals surface area (Å²) in [4.78, 5) is 4.01. The largest absolute Gasteiger partial charge is 0.244 e. The van der Waals surface area contributed by atoms with E-state index in [0.717, 1.165) is 5.01 Å². The minimum atomic E-state index is -1.19. The molecule has 13 heavy (non-hydrogen) atoms. The summed E-state index contributed by atoms with van der Waals surface area (Å²) in [5.41, 5.74) is 0. The Morgan fingerprint density at radius 3 is 2.77 bits per heavy atom. The Hall–Kier alpha value is -0.550. The summed E-state index contributed by atoms with van der Waals surface area (Å²) < 4.78 is 15.1. The van der Waals surface area contributed by atoms with Gasteiger partial charge in [-0.1, -0.05) is 0 Å². The van der Waals surface area contributed by atoms with E-state index in [9.17, 15) is 4.21 Å². The third kappa shape index (κ3) is 3.36. The highest BCUT2D eigenvalue weighted by Crippen LogP contribution is 2.12. The van der Waals surface area contributed by atoms with E-state index in [1.807, 2.05) is 26.2 Å². The Morgan fingerprint density at radius 2 is 2.31 bits per heavy atom. The summed E-state index contributed by atoms with van der Waals surface area (Å²) >= 11 is 1.48. The Kier molecular flexibility index (Phi) is 3.33. The molecule has 1 aromatic rings.